The van der Waals surface area contributed by atoms with E-state index in [1.807, 2.05) is 32.0 Å². The Kier molecular flexibility index (Phi) is 9.45. The number of ether oxygens (including phenoxy) is 1. The van der Waals surface area contributed by atoms with Crippen LogP contribution in [-0.4, -0.2) is 55.3 Å². The Morgan fingerprint density at radius 2 is 1.91 bits per heavy atom. The van der Waals surface area contributed by atoms with Gasteiger partial charge < -0.3 is 20.7 Å². The Morgan fingerprint density at radius 1 is 1.22 bits per heavy atom. The van der Waals surface area contributed by atoms with Crippen molar-refractivity contribution in [3.05, 3.63) is 35.9 Å². The van der Waals surface area contributed by atoms with Gasteiger partial charge in [0, 0.05) is 18.5 Å². The van der Waals surface area contributed by atoms with E-state index in [-0.39, 0.29) is 31.3 Å². The van der Waals surface area contributed by atoms with Gasteiger partial charge >= 0.3 is 6.09 Å². The fraction of sp³-hybridized carbons (Fsp3) is 0.571. The van der Waals surface area contributed by atoms with Crippen molar-refractivity contribution < 1.29 is 32.1 Å². The van der Waals surface area contributed by atoms with Gasteiger partial charge in [0.2, 0.25) is 11.8 Å². The van der Waals surface area contributed by atoms with Gasteiger partial charge in [0.1, 0.15) is 12.6 Å². The van der Waals surface area contributed by atoms with E-state index in [0.29, 0.717) is 13.0 Å². The van der Waals surface area contributed by atoms with Crippen molar-refractivity contribution in [3.8, 4) is 0 Å². The number of carbonyl (C=O) groups excluding carboxylic acids is 3. The van der Waals surface area contributed by atoms with Crippen molar-refractivity contribution in [2.24, 2.45) is 11.8 Å². The maximum absolute atomic E-state index is 12.9. The summed E-state index contributed by atoms with van der Waals surface area (Å²) in [5.74, 6) is -1.98. The van der Waals surface area contributed by atoms with Crippen LogP contribution in [0.1, 0.15) is 38.7 Å². The monoisotopic (exact) mass is 469 g/mol. The minimum atomic E-state index is -4.40. The van der Waals surface area contributed by atoms with Gasteiger partial charge in [0.05, 0.1) is 5.75 Å². The minimum absolute atomic E-state index is 0.0326. The second kappa shape index (κ2) is 11.8. The summed E-state index contributed by atoms with van der Waals surface area (Å²) >= 11 is 0. The Labute approximate surface area is 188 Å². The highest BCUT2D eigenvalue weighted by atomic mass is 32.2. The molecule has 10 nitrogen and oxygen atoms in total. The van der Waals surface area contributed by atoms with E-state index in [1.54, 1.807) is 12.1 Å². The Morgan fingerprint density at radius 3 is 2.47 bits per heavy atom. The summed E-state index contributed by atoms with van der Waals surface area (Å²) in [7, 11) is -4.40. The van der Waals surface area contributed by atoms with Gasteiger partial charge in [-0.1, -0.05) is 44.2 Å². The van der Waals surface area contributed by atoms with Gasteiger partial charge in [-0.25, -0.2) is 4.79 Å². The van der Waals surface area contributed by atoms with Crippen LogP contribution in [0, 0.1) is 11.8 Å². The Hall–Kier alpha value is -2.66. The molecule has 1 fully saturated rings. The number of benzene rings is 1. The predicted octanol–water partition coefficient (Wildman–Crippen LogP) is 1.23. The zero-order valence-electron chi connectivity index (χ0n) is 18.2. The molecule has 11 heteroatoms. The summed E-state index contributed by atoms with van der Waals surface area (Å²) in [6.45, 7) is 4.25. The molecule has 1 saturated heterocycles. The third kappa shape index (κ3) is 9.23. The van der Waals surface area contributed by atoms with E-state index < -0.39 is 45.9 Å². The topological polar surface area (TPSA) is 151 Å². The smallest absolute Gasteiger partial charge is 0.408 e. The van der Waals surface area contributed by atoms with Crippen LogP contribution in [0.5, 0.6) is 0 Å². The SMILES string of the molecule is CC(C)C[C@H](NC(=O)OCc1ccccc1)C(=O)N[C@@H](CC1CCNC1=O)CS(=O)(=O)O. The lowest BCUT2D eigenvalue weighted by Gasteiger charge is -2.25. The molecule has 0 spiro atoms. The average molecular weight is 470 g/mol. The summed E-state index contributed by atoms with van der Waals surface area (Å²) < 4.78 is 37.3. The lowest BCUT2D eigenvalue weighted by Crippen LogP contribution is -2.52. The molecule has 3 amide bonds. The Bertz CT molecular complexity index is 890. The van der Waals surface area contributed by atoms with Crippen molar-refractivity contribution in [2.75, 3.05) is 12.3 Å². The molecule has 1 aromatic rings. The van der Waals surface area contributed by atoms with Crippen LogP contribution in [0.4, 0.5) is 4.79 Å². The van der Waals surface area contributed by atoms with E-state index in [1.165, 1.54) is 0 Å². The maximum atomic E-state index is 12.9. The van der Waals surface area contributed by atoms with E-state index in [0.717, 1.165) is 5.56 Å². The fourth-order valence-electron chi connectivity index (χ4n) is 3.55. The molecule has 1 aliphatic rings. The van der Waals surface area contributed by atoms with Crippen molar-refractivity contribution >= 4 is 28.0 Å². The highest BCUT2D eigenvalue weighted by Gasteiger charge is 2.32. The molecule has 1 heterocycles. The van der Waals surface area contributed by atoms with Gasteiger partial charge in [-0.3, -0.25) is 14.1 Å². The molecule has 0 radical (unpaired) electrons. The zero-order valence-corrected chi connectivity index (χ0v) is 19.1. The number of alkyl carbamates (subject to hydrolysis) is 1. The number of rotatable bonds is 11. The van der Waals surface area contributed by atoms with Gasteiger partial charge in [-0.15, -0.1) is 0 Å². The number of hydrogen-bond donors (Lipinski definition) is 4. The summed E-state index contributed by atoms with van der Waals surface area (Å²) in [5, 5.41) is 7.76. The van der Waals surface area contributed by atoms with E-state index in [2.05, 4.69) is 16.0 Å². The quantitative estimate of drug-likeness (QED) is 0.356. The highest BCUT2D eigenvalue weighted by molar-refractivity contribution is 7.85. The third-order valence-corrected chi connectivity index (χ3v) is 5.84. The first-order chi connectivity index (χ1) is 15.0. The molecule has 4 N–H and O–H groups in total. The average Bonchev–Trinajstić information content (AvgIpc) is 3.09. The largest absolute Gasteiger partial charge is 0.445 e. The molecule has 0 aromatic heterocycles. The van der Waals surface area contributed by atoms with E-state index >= 15 is 0 Å². The maximum Gasteiger partial charge on any atom is 0.408 e. The minimum Gasteiger partial charge on any atom is -0.445 e. The fourth-order valence-corrected chi connectivity index (χ4v) is 4.28. The highest BCUT2D eigenvalue weighted by Crippen LogP contribution is 2.17. The molecule has 3 atom stereocenters. The number of hydrogen-bond acceptors (Lipinski definition) is 6. The normalized spacial score (nSPS) is 18.0. The van der Waals surface area contributed by atoms with Crippen LogP contribution >= 0.6 is 0 Å². The molecule has 2 rings (SSSR count). The molecule has 1 aromatic carbocycles. The first kappa shape index (κ1) is 25.6. The molecular weight excluding hydrogens is 438 g/mol. The molecule has 32 heavy (non-hydrogen) atoms. The second-order valence-electron chi connectivity index (χ2n) is 8.35. The summed E-state index contributed by atoms with van der Waals surface area (Å²) in [4.78, 5) is 37.0. The molecule has 0 bridgehead atoms. The van der Waals surface area contributed by atoms with Crippen LogP contribution < -0.4 is 16.0 Å². The summed E-state index contributed by atoms with van der Waals surface area (Å²) in [5.41, 5.74) is 0.788. The molecular formula is C21H31N3O7S. The Balaban J connectivity index is 2.02. The molecule has 178 valence electrons. The van der Waals surface area contributed by atoms with Gasteiger partial charge in [-0.05, 0) is 30.7 Å². The van der Waals surface area contributed by atoms with Crippen LogP contribution in [0.15, 0.2) is 30.3 Å². The van der Waals surface area contributed by atoms with E-state index in [9.17, 15) is 27.4 Å². The molecule has 0 aliphatic carbocycles. The van der Waals surface area contributed by atoms with Crippen LogP contribution in [0.25, 0.3) is 0 Å². The van der Waals surface area contributed by atoms with Gasteiger partial charge in [-0.2, -0.15) is 8.42 Å². The number of nitrogens with one attached hydrogen (secondary N) is 3. The molecule has 1 aliphatic heterocycles. The first-order valence-corrected chi connectivity index (χ1v) is 12.1. The molecule has 0 saturated carbocycles. The standard InChI is InChI=1S/C21H31N3O7S/c1-14(2)10-18(24-21(27)31-12-15-6-4-3-5-7-15)20(26)23-17(13-32(28,29)30)11-16-8-9-22-19(16)25/h3-7,14,16-18H,8-13H2,1-2H3,(H,22,25)(H,23,26)(H,24,27)(H,28,29,30)/t16?,17-,18-/m0/s1. The van der Waals surface area contributed by atoms with Crippen LogP contribution in [0.2, 0.25) is 0 Å². The van der Waals surface area contributed by atoms with Crippen molar-refractivity contribution in [3.63, 3.8) is 0 Å². The summed E-state index contributed by atoms with van der Waals surface area (Å²) in [6.07, 6.45) is 0.0750. The van der Waals surface area contributed by atoms with Crippen molar-refractivity contribution in [2.45, 2.75) is 51.8 Å². The van der Waals surface area contributed by atoms with Crippen LogP contribution in [0.3, 0.4) is 0 Å². The third-order valence-electron chi connectivity index (χ3n) is 5.02. The van der Waals surface area contributed by atoms with Crippen molar-refractivity contribution in [1.82, 2.24) is 16.0 Å². The van der Waals surface area contributed by atoms with Crippen LogP contribution in [-0.2, 0) is 31.1 Å². The van der Waals surface area contributed by atoms with Crippen molar-refractivity contribution in [1.29, 1.82) is 0 Å². The van der Waals surface area contributed by atoms with Gasteiger partial charge in [0.25, 0.3) is 10.1 Å². The summed E-state index contributed by atoms with van der Waals surface area (Å²) in [6, 6.07) is 7.10. The number of amides is 3. The molecule has 1 unspecified atom stereocenters. The number of carbonyl (C=O) groups is 3. The zero-order chi connectivity index (χ0) is 23.7. The second-order valence-corrected chi connectivity index (χ2v) is 9.85. The van der Waals surface area contributed by atoms with Gasteiger partial charge in [0.15, 0.2) is 0 Å². The lowest BCUT2D eigenvalue weighted by atomic mass is 9.98. The first-order valence-electron chi connectivity index (χ1n) is 10.5. The van der Waals surface area contributed by atoms with E-state index in [4.69, 9.17) is 4.74 Å². The lowest BCUT2D eigenvalue weighted by molar-refractivity contribution is -0.125. The predicted molar refractivity (Wildman–Crippen MR) is 117 cm³/mol.